The van der Waals surface area contributed by atoms with Gasteiger partial charge in [0.2, 0.25) is 6.41 Å². The Morgan fingerprint density at radius 3 is 2.62 bits per heavy atom. The first-order valence-electron chi connectivity index (χ1n) is 5.94. The molecule has 0 bridgehead atoms. The van der Waals surface area contributed by atoms with Crippen molar-refractivity contribution in [3.8, 4) is 0 Å². The minimum atomic E-state index is -0.413. The van der Waals surface area contributed by atoms with Crippen LogP contribution in [-0.4, -0.2) is 28.3 Å². The number of aromatic nitrogens is 1. The Balaban J connectivity index is 1.93. The smallest absolute Gasteiger partial charge is 0.265 e. The lowest BCUT2D eigenvalue weighted by molar-refractivity contribution is -0.118. The normalized spacial score (nSPS) is 10.2. The van der Waals surface area contributed by atoms with Crippen molar-refractivity contribution in [2.75, 3.05) is 6.67 Å². The van der Waals surface area contributed by atoms with Crippen LogP contribution in [0.4, 0.5) is 0 Å². The summed E-state index contributed by atoms with van der Waals surface area (Å²) < 4.78 is 3.78. The highest BCUT2D eigenvalue weighted by Gasteiger charge is 2.17. The summed E-state index contributed by atoms with van der Waals surface area (Å²) in [5.74, 6) is -0.413. The maximum atomic E-state index is 11.9. The van der Waals surface area contributed by atoms with Crippen molar-refractivity contribution in [2.45, 2.75) is 6.54 Å². The van der Waals surface area contributed by atoms with E-state index in [-0.39, 0.29) is 21.7 Å². The maximum Gasteiger partial charge on any atom is 0.265 e. The van der Waals surface area contributed by atoms with Gasteiger partial charge in [0, 0.05) is 6.54 Å². The van der Waals surface area contributed by atoms with Crippen molar-refractivity contribution in [3.05, 3.63) is 50.9 Å². The summed E-state index contributed by atoms with van der Waals surface area (Å²) in [4.78, 5) is 24.6. The molecule has 2 amide bonds. The molecule has 0 saturated carbocycles. The van der Waals surface area contributed by atoms with E-state index >= 15 is 0 Å². The third-order valence-electron chi connectivity index (χ3n) is 2.62. The molecule has 0 atom stereocenters. The van der Waals surface area contributed by atoms with E-state index in [1.54, 1.807) is 0 Å². The molecule has 2 rings (SSSR count). The second kappa shape index (κ2) is 7.40. The predicted molar refractivity (Wildman–Crippen MR) is 82.5 cm³/mol. The highest BCUT2D eigenvalue weighted by atomic mass is 35.5. The monoisotopic (exact) mass is 343 g/mol. The van der Waals surface area contributed by atoms with E-state index in [0.29, 0.717) is 13.0 Å². The molecule has 0 aliphatic heterocycles. The summed E-state index contributed by atoms with van der Waals surface area (Å²) >= 11 is 12.5. The predicted octanol–water partition coefficient (Wildman–Crippen LogP) is 2.80. The Morgan fingerprint density at radius 1 is 1.33 bits per heavy atom. The lowest BCUT2D eigenvalue weighted by Gasteiger charge is -2.17. The van der Waals surface area contributed by atoms with Gasteiger partial charge in [-0.15, -0.1) is 0 Å². The van der Waals surface area contributed by atoms with Crippen molar-refractivity contribution in [3.63, 3.8) is 0 Å². The largest absolute Gasteiger partial charge is 0.334 e. The third-order valence-corrected chi connectivity index (χ3v) is 4.42. The van der Waals surface area contributed by atoms with Gasteiger partial charge in [-0.2, -0.15) is 4.37 Å². The second-order valence-corrected chi connectivity index (χ2v) is 5.63. The minimum Gasteiger partial charge on any atom is -0.334 e. The summed E-state index contributed by atoms with van der Waals surface area (Å²) in [6, 6.07) is 9.47. The molecule has 0 saturated heterocycles. The molecule has 0 spiro atoms. The fourth-order valence-electron chi connectivity index (χ4n) is 1.60. The van der Waals surface area contributed by atoms with Crippen LogP contribution >= 0.6 is 34.7 Å². The van der Waals surface area contributed by atoms with Crippen molar-refractivity contribution in [1.82, 2.24) is 14.6 Å². The Labute approximate surface area is 135 Å². The lowest BCUT2D eigenvalue weighted by Crippen LogP contribution is -2.36. The van der Waals surface area contributed by atoms with E-state index in [1.165, 1.54) is 4.90 Å². The molecular formula is C13H11Cl2N3O2S. The SMILES string of the molecule is O=CN(CNC(=O)c1snc(Cl)c1Cl)Cc1ccccc1. The zero-order chi connectivity index (χ0) is 15.2. The fraction of sp³-hybridized carbons (Fsp3) is 0.154. The number of carbonyl (C=O) groups excluding carboxylic acids is 2. The highest BCUT2D eigenvalue weighted by molar-refractivity contribution is 7.09. The number of halogens is 2. The minimum absolute atomic E-state index is 0.0725. The molecule has 0 fully saturated rings. The summed E-state index contributed by atoms with van der Waals surface area (Å²) in [6.07, 6.45) is 0.675. The maximum absolute atomic E-state index is 11.9. The molecule has 1 aromatic heterocycles. The van der Waals surface area contributed by atoms with Crippen LogP contribution in [0.3, 0.4) is 0 Å². The van der Waals surface area contributed by atoms with Crippen molar-refractivity contribution >= 4 is 47.1 Å². The number of nitrogens with one attached hydrogen (secondary N) is 1. The number of amides is 2. The molecule has 0 radical (unpaired) electrons. The molecular weight excluding hydrogens is 333 g/mol. The fourth-order valence-corrected chi connectivity index (χ4v) is 2.73. The van der Waals surface area contributed by atoms with Gasteiger partial charge < -0.3 is 10.2 Å². The molecule has 2 aromatic rings. The van der Waals surface area contributed by atoms with E-state index in [9.17, 15) is 9.59 Å². The second-order valence-electron chi connectivity index (χ2n) is 4.12. The van der Waals surface area contributed by atoms with Gasteiger partial charge in [0.25, 0.3) is 5.91 Å². The molecule has 21 heavy (non-hydrogen) atoms. The molecule has 0 aliphatic carbocycles. The van der Waals surface area contributed by atoms with Crippen LogP contribution in [0.2, 0.25) is 10.2 Å². The summed E-state index contributed by atoms with van der Waals surface area (Å²) in [7, 11) is 0. The van der Waals surface area contributed by atoms with E-state index in [0.717, 1.165) is 17.1 Å². The number of carbonyl (C=O) groups is 2. The van der Waals surface area contributed by atoms with E-state index in [4.69, 9.17) is 23.2 Å². The molecule has 5 nitrogen and oxygen atoms in total. The first-order chi connectivity index (χ1) is 10.1. The average Bonchev–Trinajstić information content (AvgIpc) is 2.84. The Bertz CT molecular complexity index is 634. The van der Waals surface area contributed by atoms with Gasteiger partial charge in [-0.3, -0.25) is 9.59 Å². The zero-order valence-corrected chi connectivity index (χ0v) is 13.1. The van der Waals surface area contributed by atoms with E-state index in [1.807, 2.05) is 30.3 Å². The van der Waals surface area contributed by atoms with Crippen LogP contribution in [0.15, 0.2) is 30.3 Å². The number of hydrogen-bond acceptors (Lipinski definition) is 4. The Kier molecular flexibility index (Phi) is 5.55. The first kappa shape index (κ1) is 15.8. The standard InChI is InChI=1S/C13H11Cl2N3O2S/c14-10-11(21-17-12(10)15)13(20)16-7-18(8-19)6-9-4-2-1-3-5-9/h1-5,8H,6-7H2,(H,16,20). The van der Waals surface area contributed by atoms with Gasteiger partial charge in [-0.1, -0.05) is 53.5 Å². The van der Waals surface area contributed by atoms with Gasteiger partial charge in [-0.05, 0) is 17.1 Å². The number of hydrogen-bond donors (Lipinski definition) is 1. The number of benzene rings is 1. The molecule has 8 heteroatoms. The Morgan fingerprint density at radius 2 is 2.05 bits per heavy atom. The molecule has 110 valence electrons. The van der Waals surface area contributed by atoms with Gasteiger partial charge in [0.1, 0.15) is 9.90 Å². The van der Waals surface area contributed by atoms with Crippen LogP contribution in [0, 0.1) is 0 Å². The van der Waals surface area contributed by atoms with E-state index < -0.39 is 5.91 Å². The highest BCUT2D eigenvalue weighted by Crippen LogP contribution is 2.28. The van der Waals surface area contributed by atoms with Crippen LogP contribution in [0.5, 0.6) is 0 Å². The number of nitrogens with zero attached hydrogens (tertiary/aromatic N) is 2. The average molecular weight is 344 g/mol. The van der Waals surface area contributed by atoms with Gasteiger partial charge in [0.05, 0.1) is 6.67 Å². The van der Waals surface area contributed by atoms with Gasteiger partial charge >= 0.3 is 0 Å². The van der Waals surface area contributed by atoms with Crippen LogP contribution < -0.4 is 5.32 Å². The zero-order valence-electron chi connectivity index (χ0n) is 10.8. The van der Waals surface area contributed by atoms with Crippen molar-refractivity contribution in [2.24, 2.45) is 0 Å². The van der Waals surface area contributed by atoms with Gasteiger partial charge in [0.15, 0.2) is 5.15 Å². The van der Waals surface area contributed by atoms with Crippen molar-refractivity contribution in [1.29, 1.82) is 0 Å². The third kappa shape index (κ3) is 4.17. The Hall–Kier alpha value is -1.63. The molecule has 0 aliphatic rings. The molecule has 1 aromatic carbocycles. The van der Waals surface area contributed by atoms with Crippen LogP contribution in [-0.2, 0) is 11.3 Å². The molecule has 0 unspecified atom stereocenters. The van der Waals surface area contributed by atoms with Crippen molar-refractivity contribution < 1.29 is 9.59 Å². The molecule has 1 N–H and O–H groups in total. The topological polar surface area (TPSA) is 62.3 Å². The quantitative estimate of drug-likeness (QED) is 0.647. The summed E-state index contributed by atoms with van der Waals surface area (Å²) in [5, 5.41) is 2.83. The van der Waals surface area contributed by atoms with Crippen LogP contribution in [0.1, 0.15) is 15.2 Å². The lowest BCUT2D eigenvalue weighted by atomic mass is 10.2. The van der Waals surface area contributed by atoms with Crippen LogP contribution in [0.25, 0.3) is 0 Å². The van der Waals surface area contributed by atoms with Gasteiger partial charge in [-0.25, -0.2) is 0 Å². The summed E-state index contributed by atoms with van der Waals surface area (Å²) in [6.45, 7) is 0.477. The first-order valence-corrected chi connectivity index (χ1v) is 7.47. The number of rotatable bonds is 6. The molecule has 1 heterocycles. The summed E-state index contributed by atoms with van der Waals surface area (Å²) in [5.41, 5.74) is 0.970. The van der Waals surface area contributed by atoms with E-state index in [2.05, 4.69) is 9.69 Å².